The summed E-state index contributed by atoms with van der Waals surface area (Å²) in [4.78, 5) is 0. The van der Waals surface area contributed by atoms with Crippen LogP contribution in [0.3, 0.4) is 0 Å². The van der Waals surface area contributed by atoms with Gasteiger partial charge in [-0.2, -0.15) is 10.4 Å². The Kier molecular flexibility index (Phi) is 2.94. The second-order valence-electron chi connectivity index (χ2n) is 4.54. The van der Waals surface area contributed by atoms with Crippen LogP contribution in [0.4, 0.5) is 5.69 Å². The number of rotatable bonds is 1. The minimum atomic E-state index is 0.0127. The lowest BCUT2D eigenvalue weighted by atomic mass is 9.89. The van der Waals surface area contributed by atoms with Crippen molar-refractivity contribution in [3.05, 3.63) is 41.7 Å². The van der Waals surface area contributed by atoms with Gasteiger partial charge in [-0.05, 0) is 18.6 Å². The zero-order valence-electron chi connectivity index (χ0n) is 10.4. The summed E-state index contributed by atoms with van der Waals surface area (Å²) in [6, 6.07) is 11.8. The van der Waals surface area contributed by atoms with Crippen molar-refractivity contribution in [3.8, 4) is 6.07 Å². The summed E-state index contributed by atoms with van der Waals surface area (Å²) in [7, 11) is 0. The fourth-order valence-electron chi connectivity index (χ4n) is 2.43. The average Bonchev–Trinajstić information content (AvgIpc) is 2.47. The number of hydrazone groups is 1. The van der Waals surface area contributed by atoms with E-state index in [1.165, 1.54) is 0 Å². The fraction of sp³-hybridized carbons (Fsp3) is 0.286. The molecule has 1 fully saturated rings. The molecule has 1 saturated heterocycles. The first-order valence-electron chi connectivity index (χ1n) is 6.21. The Morgan fingerprint density at radius 1 is 1.37 bits per heavy atom. The van der Waals surface area contributed by atoms with Gasteiger partial charge in [0.15, 0.2) is 0 Å². The summed E-state index contributed by atoms with van der Waals surface area (Å²) in [5.74, 6) is 0.433. The van der Waals surface area contributed by atoms with Crippen LogP contribution in [0.15, 0.2) is 46.8 Å². The number of ether oxygens (including phenoxy) is 1. The molecule has 1 aromatic rings. The summed E-state index contributed by atoms with van der Waals surface area (Å²) >= 11 is 0. The monoisotopic (exact) mass is 254 g/mol. The number of nitrogens with two attached hydrogens (primary N) is 1. The molecule has 0 amide bonds. The van der Waals surface area contributed by atoms with Gasteiger partial charge < -0.3 is 10.5 Å². The van der Waals surface area contributed by atoms with E-state index in [9.17, 15) is 5.26 Å². The first kappa shape index (κ1) is 11.8. The predicted molar refractivity (Wildman–Crippen MR) is 72.1 cm³/mol. The number of anilines is 1. The molecule has 0 saturated carbocycles. The van der Waals surface area contributed by atoms with Crippen molar-refractivity contribution in [3.63, 3.8) is 0 Å². The second-order valence-corrected chi connectivity index (χ2v) is 4.54. The zero-order valence-corrected chi connectivity index (χ0v) is 10.4. The maximum atomic E-state index is 9.35. The zero-order chi connectivity index (χ0) is 13.2. The highest BCUT2D eigenvalue weighted by Gasteiger charge is 2.33. The molecule has 1 aromatic carbocycles. The van der Waals surface area contributed by atoms with Crippen LogP contribution in [0.25, 0.3) is 0 Å². The predicted octanol–water partition coefficient (Wildman–Crippen LogP) is 1.59. The molecule has 96 valence electrons. The molecule has 0 bridgehead atoms. The van der Waals surface area contributed by atoms with Crippen molar-refractivity contribution < 1.29 is 4.74 Å². The molecule has 2 N–H and O–H groups in total. The summed E-state index contributed by atoms with van der Waals surface area (Å²) < 4.78 is 5.42. The Morgan fingerprint density at radius 3 is 2.89 bits per heavy atom. The highest BCUT2D eigenvalue weighted by Crippen LogP contribution is 2.31. The maximum absolute atomic E-state index is 9.35. The van der Waals surface area contributed by atoms with Gasteiger partial charge in [0.2, 0.25) is 0 Å². The third-order valence-corrected chi connectivity index (χ3v) is 3.41. The molecule has 2 heterocycles. The molecule has 0 aromatic heterocycles. The summed E-state index contributed by atoms with van der Waals surface area (Å²) in [6.07, 6.45) is 0.769. The molecule has 3 rings (SSSR count). The van der Waals surface area contributed by atoms with Gasteiger partial charge >= 0.3 is 0 Å². The van der Waals surface area contributed by atoms with Crippen LogP contribution in [0.5, 0.6) is 0 Å². The Bertz CT molecular complexity index is 585. The number of nitrogens with zero attached hydrogens (tertiary/aromatic N) is 3. The van der Waals surface area contributed by atoms with Gasteiger partial charge in [-0.25, -0.2) is 5.01 Å². The summed E-state index contributed by atoms with van der Waals surface area (Å²) in [5.41, 5.74) is 8.43. The number of hydrogen-bond donors (Lipinski definition) is 1. The first-order valence-corrected chi connectivity index (χ1v) is 6.21. The molecule has 5 nitrogen and oxygen atoms in total. The second kappa shape index (κ2) is 4.75. The number of benzene rings is 1. The van der Waals surface area contributed by atoms with Crippen molar-refractivity contribution in [1.29, 1.82) is 5.26 Å². The van der Waals surface area contributed by atoms with Gasteiger partial charge in [0.1, 0.15) is 5.82 Å². The third kappa shape index (κ3) is 1.96. The molecule has 1 unspecified atom stereocenters. The molecule has 0 radical (unpaired) electrons. The summed E-state index contributed by atoms with van der Waals surface area (Å²) in [5, 5.41) is 15.5. The minimum Gasteiger partial charge on any atom is -0.383 e. The molecule has 2 aliphatic heterocycles. The quantitative estimate of drug-likeness (QED) is 0.825. The van der Waals surface area contributed by atoms with Gasteiger partial charge in [0.05, 0.1) is 29.6 Å². The lowest BCUT2D eigenvalue weighted by molar-refractivity contribution is 0.142. The topological polar surface area (TPSA) is 74.6 Å². The Hall–Kier alpha value is -2.32. The number of para-hydroxylation sites is 1. The van der Waals surface area contributed by atoms with Crippen molar-refractivity contribution >= 4 is 11.4 Å². The van der Waals surface area contributed by atoms with Crippen molar-refractivity contribution in [2.45, 2.75) is 6.42 Å². The molecular weight excluding hydrogens is 240 g/mol. The average molecular weight is 254 g/mol. The number of fused-ring (bicyclic) bond motifs is 1. The number of allylic oxidation sites excluding steroid dienone is 1. The van der Waals surface area contributed by atoms with Crippen molar-refractivity contribution in [2.75, 3.05) is 18.2 Å². The molecule has 5 heteroatoms. The lowest BCUT2D eigenvalue weighted by Gasteiger charge is -2.33. The normalized spacial score (nSPS) is 22.6. The van der Waals surface area contributed by atoms with E-state index in [0.29, 0.717) is 24.6 Å². The van der Waals surface area contributed by atoms with Gasteiger partial charge in [0, 0.05) is 12.5 Å². The SMILES string of the molecule is N#CC1=C(N)N(c2ccccc2)N=C2COCCC21. The third-order valence-electron chi connectivity index (χ3n) is 3.41. The fourth-order valence-corrected chi connectivity index (χ4v) is 2.43. The highest BCUT2D eigenvalue weighted by atomic mass is 16.5. The largest absolute Gasteiger partial charge is 0.383 e. The summed E-state index contributed by atoms with van der Waals surface area (Å²) in [6.45, 7) is 1.11. The first-order chi connectivity index (χ1) is 9.31. The van der Waals surface area contributed by atoms with E-state index in [-0.39, 0.29) is 5.92 Å². The maximum Gasteiger partial charge on any atom is 0.140 e. The lowest BCUT2D eigenvalue weighted by Crippen LogP contribution is -2.39. The van der Waals surface area contributed by atoms with Gasteiger partial charge in [-0.15, -0.1) is 0 Å². The van der Waals surface area contributed by atoms with E-state index in [0.717, 1.165) is 17.8 Å². The Morgan fingerprint density at radius 2 is 2.16 bits per heavy atom. The Balaban J connectivity index is 2.06. The number of hydrogen-bond acceptors (Lipinski definition) is 5. The van der Waals surface area contributed by atoms with Crippen LogP contribution in [0.1, 0.15) is 6.42 Å². The van der Waals surface area contributed by atoms with E-state index in [1.807, 2.05) is 30.3 Å². The highest BCUT2D eigenvalue weighted by molar-refractivity contribution is 5.94. The van der Waals surface area contributed by atoms with E-state index < -0.39 is 0 Å². The Labute approximate surface area is 111 Å². The molecule has 19 heavy (non-hydrogen) atoms. The van der Waals surface area contributed by atoms with Crippen LogP contribution >= 0.6 is 0 Å². The molecule has 0 spiro atoms. The van der Waals surface area contributed by atoms with Crippen LogP contribution in [0, 0.1) is 17.2 Å². The van der Waals surface area contributed by atoms with Crippen molar-refractivity contribution in [1.82, 2.24) is 0 Å². The van der Waals surface area contributed by atoms with Crippen molar-refractivity contribution in [2.24, 2.45) is 16.8 Å². The van der Waals surface area contributed by atoms with Crippen LogP contribution < -0.4 is 10.7 Å². The molecule has 2 aliphatic rings. The van der Waals surface area contributed by atoms with Gasteiger partial charge in [-0.3, -0.25) is 0 Å². The standard InChI is InChI=1S/C14H14N4O/c15-8-12-11-6-7-19-9-13(11)17-18(14(12)16)10-4-2-1-3-5-10/h1-5,11H,6-7,9,16H2. The van der Waals surface area contributed by atoms with Crippen LogP contribution in [-0.2, 0) is 4.74 Å². The van der Waals surface area contributed by atoms with Gasteiger partial charge in [-0.1, -0.05) is 18.2 Å². The van der Waals surface area contributed by atoms with E-state index >= 15 is 0 Å². The van der Waals surface area contributed by atoms with E-state index in [4.69, 9.17) is 10.5 Å². The molecular formula is C14H14N4O. The van der Waals surface area contributed by atoms with Gasteiger partial charge in [0.25, 0.3) is 0 Å². The van der Waals surface area contributed by atoms with Crippen LogP contribution in [0.2, 0.25) is 0 Å². The smallest absolute Gasteiger partial charge is 0.140 e. The molecule has 1 atom stereocenters. The molecule has 0 aliphatic carbocycles. The van der Waals surface area contributed by atoms with E-state index in [2.05, 4.69) is 11.2 Å². The number of nitriles is 1. The minimum absolute atomic E-state index is 0.0127. The van der Waals surface area contributed by atoms with Crippen LogP contribution in [-0.4, -0.2) is 18.9 Å². The van der Waals surface area contributed by atoms with E-state index in [1.54, 1.807) is 5.01 Å².